The molecular weight excluding hydrogens is 418 g/mol. The molecule has 0 aliphatic heterocycles. The second-order valence-electron chi connectivity index (χ2n) is 4.47. The molecule has 0 fully saturated rings. The first kappa shape index (κ1) is 15.4. The summed E-state index contributed by atoms with van der Waals surface area (Å²) in [7, 11) is 0. The van der Waals surface area contributed by atoms with Gasteiger partial charge in [0.05, 0.1) is 37.7 Å². The van der Waals surface area contributed by atoms with E-state index >= 15 is 0 Å². The summed E-state index contributed by atoms with van der Waals surface area (Å²) in [5.41, 5.74) is 2.68. The fourth-order valence-electron chi connectivity index (χ4n) is 2.06. The lowest BCUT2D eigenvalue weighted by molar-refractivity contribution is 0.800. The number of nitrogens with zero attached hydrogens (tertiary/aromatic N) is 2. The molecule has 2 nitrogen and oxygen atoms in total. The Kier molecular flexibility index (Phi) is 4.40. The number of hydrogen-bond acceptors (Lipinski definition) is 1. The van der Waals surface area contributed by atoms with Crippen molar-refractivity contribution in [2.24, 2.45) is 0 Å². The topological polar surface area (TPSA) is 17.8 Å². The van der Waals surface area contributed by atoms with Crippen LogP contribution in [0.5, 0.6) is 0 Å². The first-order valence-corrected chi connectivity index (χ1v) is 8.21. The van der Waals surface area contributed by atoms with Crippen LogP contribution in [0.2, 0.25) is 20.1 Å². The number of fused-ring (bicyclic) bond motifs is 1. The largest absolute Gasteiger partial charge is 0.314 e. The van der Waals surface area contributed by atoms with E-state index in [0.29, 0.717) is 31.4 Å². The highest BCUT2D eigenvalue weighted by molar-refractivity contribution is 9.10. The van der Waals surface area contributed by atoms with Crippen molar-refractivity contribution in [1.29, 1.82) is 0 Å². The molecule has 0 unspecified atom stereocenters. The van der Waals surface area contributed by atoms with Crippen molar-refractivity contribution in [1.82, 2.24) is 9.55 Å². The third kappa shape index (κ3) is 3.03. The van der Waals surface area contributed by atoms with Gasteiger partial charge in [0.25, 0.3) is 0 Å². The number of aromatic nitrogens is 2. The van der Waals surface area contributed by atoms with Crippen LogP contribution in [0.15, 0.2) is 35.1 Å². The van der Waals surface area contributed by atoms with Crippen molar-refractivity contribution in [3.63, 3.8) is 0 Å². The summed E-state index contributed by atoms with van der Waals surface area (Å²) in [4.78, 5) is 4.43. The van der Waals surface area contributed by atoms with Gasteiger partial charge in [-0.1, -0.05) is 52.5 Å². The standard InChI is InChI=1S/C14H7BrCl4N2/c15-14-20-12-4-10(18)11(19)5-13(12)21(14)6-7-1-2-8(16)9(17)3-7/h1-5H,6H2. The summed E-state index contributed by atoms with van der Waals surface area (Å²) < 4.78 is 2.68. The Morgan fingerprint density at radius 1 is 0.905 bits per heavy atom. The smallest absolute Gasteiger partial charge is 0.178 e. The van der Waals surface area contributed by atoms with Crippen LogP contribution in [0.4, 0.5) is 0 Å². The fraction of sp³-hybridized carbons (Fsp3) is 0.0714. The zero-order valence-corrected chi connectivity index (χ0v) is 15.0. The first-order chi connectivity index (χ1) is 9.95. The minimum absolute atomic E-state index is 0.482. The van der Waals surface area contributed by atoms with Crippen molar-refractivity contribution in [2.75, 3.05) is 0 Å². The van der Waals surface area contributed by atoms with E-state index in [0.717, 1.165) is 16.6 Å². The highest BCUT2D eigenvalue weighted by Gasteiger charge is 2.12. The normalized spacial score (nSPS) is 11.3. The minimum atomic E-state index is 0.482. The van der Waals surface area contributed by atoms with E-state index in [1.54, 1.807) is 18.2 Å². The van der Waals surface area contributed by atoms with Crippen molar-refractivity contribution >= 4 is 73.4 Å². The molecule has 0 bridgehead atoms. The average molecular weight is 425 g/mol. The summed E-state index contributed by atoms with van der Waals surface area (Å²) in [6, 6.07) is 9.07. The van der Waals surface area contributed by atoms with Gasteiger partial charge in [-0.05, 0) is 45.8 Å². The SMILES string of the molecule is Clc1ccc(Cn2c(Br)nc3cc(Cl)c(Cl)cc32)cc1Cl. The van der Waals surface area contributed by atoms with Crippen LogP contribution in [0.3, 0.4) is 0 Å². The Morgan fingerprint density at radius 3 is 2.29 bits per heavy atom. The van der Waals surface area contributed by atoms with E-state index in [2.05, 4.69) is 20.9 Å². The van der Waals surface area contributed by atoms with Crippen molar-refractivity contribution in [2.45, 2.75) is 6.54 Å². The number of imidazole rings is 1. The predicted molar refractivity (Wildman–Crippen MR) is 93.0 cm³/mol. The van der Waals surface area contributed by atoms with Gasteiger partial charge in [0.15, 0.2) is 4.73 Å². The van der Waals surface area contributed by atoms with Crippen molar-refractivity contribution in [3.05, 3.63) is 60.7 Å². The molecule has 108 valence electrons. The Morgan fingerprint density at radius 2 is 1.57 bits per heavy atom. The maximum Gasteiger partial charge on any atom is 0.178 e. The predicted octanol–water partition coefficient (Wildman–Crippen LogP) is 6.46. The molecule has 0 spiro atoms. The maximum absolute atomic E-state index is 6.09. The second-order valence-corrected chi connectivity index (χ2v) is 6.81. The van der Waals surface area contributed by atoms with Gasteiger partial charge < -0.3 is 4.57 Å². The van der Waals surface area contributed by atoms with Crippen LogP contribution in [-0.4, -0.2) is 9.55 Å². The molecule has 3 rings (SSSR count). The zero-order valence-electron chi connectivity index (χ0n) is 10.4. The summed E-state index contributed by atoms with van der Waals surface area (Å²) >= 11 is 27.6. The molecule has 0 atom stereocenters. The van der Waals surface area contributed by atoms with Gasteiger partial charge in [0.2, 0.25) is 0 Å². The van der Waals surface area contributed by atoms with Crippen molar-refractivity contribution < 1.29 is 0 Å². The van der Waals surface area contributed by atoms with E-state index in [-0.39, 0.29) is 0 Å². The van der Waals surface area contributed by atoms with Gasteiger partial charge >= 0.3 is 0 Å². The Labute approximate surface area is 149 Å². The second kappa shape index (κ2) is 5.98. The van der Waals surface area contributed by atoms with Gasteiger partial charge in [-0.15, -0.1) is 0 Å². The summed E-state index contributed by atoms with van der Waals surface area (Å²) in [6.07, 6.45) is 0. The molecule has 21 heavy (non-hydrogen) atoms. The molecule has 0 amide bonds. The van der Waals surface area contributed by atoms with Crippen LogP contribution in [0, 0.1) is 0 Å². The summed E-state index contributed by atoms with van der Waals surface area (Å²) in [5, 5.41) is 2.03. The fourth-order valence-corrected chi connectivity index (χ4v) is 3.21. The van der Waals surface area contributed by atoms with Gasteiger partial charge in [0, 0.05) is 0 Å². The summed E-state index contributed by atoms with van der Waals surface area (Å²) in [6.45, 7) is 0.589. The first-order valence-electron chi connectivity index (χ1n) is 5.90. The molecule has 2 aromatic carbocycles. The van der Waals surface area contributed by atoms with Crippen LogP contribution in [-0.2, 0) is 6.54 Å². The van der Waals surface area contributed by atoms with E-state index in [4.69, 9.17) is 46.4 Å². The van der Waals surface area contributed by atoms with Gasteiger partial charge in [0.1, 0.15) is 0 Å². The van der Waals surface area contributed by atoms with Crippen LogP contribution in [0.25, 0.3) is 11.0 Å². The molecule has 0 radical (unpaired) electrons. The molecular formula is C14H7BrCl4N2. The number of benzene rings is 2. The lowest BCUT2D eigenvalue weighted by Gasteiger charge is -2.08. The van der Waals surface area contributed by atoms with E-state index < -0.39 is 0 Å². The van der Waals surface area contributed by atoms with Gasteiger partial charge in [-0.25, -0.2) is 4.98 Å². The lowest BCUT2D eigenvalue weighted by atomic mass is 10.2. The molecule has 1 aromatic heterocycles. The molecule has 0 aliphatic rings. The van der Waals surface area contributed by atoms with E-state index in [9.17, 15) is 0 Å². The van der Waals surface area contributed by atoms with Crippen LogP contribution in [0.1, 0.15) is 5.56 Å². The van der Waals surface area contributed by atoms with Crippen LogP contribution >= 0.6 is 62.3 Å². The Balaban J connectivity index is 2.09. The molecule has 0 N–H and O–H groups in total. The number of halogens is 5. The number of rotatable bonds is 2. The number of hydrogen-bond donors (Lipinski definition) is 0. The van der Waals surface area contributed by atoms with Crippen molar-refractivity contribution in [3.8, 4) is 0 Å². The Bertz CT molecular complexity index is 845. The highest BCUT2D eigenvalue weighted by Crippen LogP contribution is 2.31. The van der Waals surface area contributed by atoms with Gasteiger partial charge in [-0.3, -0.25) is 0 Å². The van der Waals surface area contributed by atoms with Crippen LogP contribution < -0.4 is 0 Å². The molecule has 0 saturated heterocycles. The molecule has 7 heteroatoms. The zero-order chi connectivity index (χ0) is 15.1. The third-order valence-electron chi connectivity index (χ3n) is 3.07. The molecule has 1 heterocycles. The quantitative estimate of drug-likeness (QED) is 0.461. The van der Waals surface area contributed by atoms with E-state index in [1.807, 2.05) is 16.7 Å². The summed E-state index contributed by atoms with van der Waals surface area (Å²) in [5.74, 6) is 0. The molecule has 0 saturated carbocycles. The molecule has 3 aromatic rings. The highest BCUT2D eigenvalue weighted by atomic mass is 79.9. The minimum Gasteiger partial charge on any atom is -0.314 e. The lowest BCUT2D eigenvalue weighted by Crippen LogP contribution is -2.00. The monoisotopic (exact) mass is 422 g/mol. The molecule has 0 aliphatic carbocycles. The Hall–Kier alpha value is -0.450. The third-order valence-corrected chi connectivity index (χ3v) is 5.13. The van der Waals surface area contributed by atoms with E-state index in [1.165, 1.54) is 0 Å². The van der Waals surface area contributed by atoms with Gasteiger partial charge in [-0.2, -0.15) is 0 Å². The average Bonchev–Trinajstić information content (AvgIpc) is 2.71. The maximum atomic E-state index is 6.09.